The molecule has 0 bridgehead atoms. The lowest BCUT2D eigenvalue weighted by atomic mass is 10.1. The van der Waals surface area contributed by atoms with E-state index in [-0.39, 0.29) is 0 Å². The SMILES string of the molecule is Cc1cncc(CNC2CCS(=O)(=O)CC2)c1. The molecule has 1 saturated heterocycles. The predicted octanol–water partition coefficient (Wildman–Crippen LogP) is 1.06. The first-order chi connectivity index (χ1) is 8.05. The van der Waals surface area contributed by atoms with Gasteiger partial charge >= 0.3 is 0 Å². The lowest BCUT2D eigenvalue weighted by molar-refractivity contribution is 0.462. The summed E-state index contributed by atoms with van der Waals surface area (Å²) in [6, 6.07) is 2.42. The first-order valence-electron chi connectivity index (χ1n) is 5.89. The Morgan fingerprint density at radius 3 is 2.71 bits per heavy atom. The molecular formula is C12H18N2O2S. The minimum absolute atomic E-state index is 0.316. The summed E-state index contributed by atoms with van der Waals surface area (Å²) in [7, 11) is -2.76. The van der Waals surface area contributed by atoms with Crippen molar-refractivity contribution in [2.24, 2.45) is 0 Å². The highest BCUT2D eigenvalue weighted by atomic mass is 32.2. The van der Waals surface area contributed by atoms with Gasteiger partial charge in [-0.1, -0.05) is 6.07 Å². The molecule has 0 saturated carbocycles. The summed E-state index contributed by atoms with van der Waals surface area (Å²) in [5.41, 5.74) is 2.30. The Hall–Kier alpha value is -0.940. The van der Waals surface area contributed by atoms with Gasteiger partial charge in [0.2, 0.25) is 0 Å². The van der Waals surface area contributed by atoms with Crippen LogP contribution in [0, 0.1) is 6.92 Å². The maximum atomic E-state index is 11.3. The number of sulfone groups is 1. The van der Waals surface area contributed by atoms with E-state index in [4.69, 9.17) is 0 Å². The van der Waals surface area contributed by atoms with Crippen LogP contribution >= 0.6 is 0 Å². The quantitative estimate of drug-likeness (QED) is 0.876. The molecule has 0 aliphatic carbocycles. The molecule has 1 aliphatic rings. The highest BCUT2D eigenvalue weighted by molar-refractivity contribution is 7.91. The fourth-order valence-electron chi connectivity index (χ4n) is 2.07. The Balaban J connectivity index is 1.84. The maximum absolute atomic E-state index is 11.3. The Kier molecular flexibility index (Phi) is 3.79. The van der Waals surface area contributed by atoms with Gasteiger partial charge in [-0.05, 0) is 30.9 Å². The van der Waals surface area contributed by atoms with Crippen LogP contribution in [0.2, 0.25) is 0 Å². The summed E-state index contributed by atoms with van der Waals surface area (Å²) in [4.78, 5) is 4.14. The Morgan fingerprint density at radius 2 is 2.06 bits per heavy atom. The molecule has 5 heteroatoms. The largest absolute Gasteiger partial charge is 0.310 e. The van der Waals surface area contributed by atoms with Gasteiger partial charge in [-0.15, -0.1) is 0 Å². The first kappa shape index (κ1) is 12.5. The van der Waals surface area contributed by atoms with Crippen LogP contribution in [0.1, 0.15) is 24.0 Å². The number of hydrogen-bond donors (Lipinski definition) is 1. The van der Waals surface area contributed by atoms with Gasteiger partial charge in [-0.25, -0.2) is 8.42 Å². The van der Waals surface area contributed by atoms with Crippen molar-refractivity contribution in [1.29, 1.82) is 0 Å². The Morgan fingerprint density at radius 1 is 1.35 bits per heavy atom. The van der Waals surface area contributed by atoms with Crippen LogP contribution in [-0.4, -0.2) is 30.9 Å². The Bertz CT molecular complexity index is 471. The number of nitrogens with one attached hydrogen (secondary N) is 1. The zero-order chi connectivity index (χ0) is 12.3. The van der Waals surface area contributed by atoms with Crippen LogP contribution in [0.3, 0.4) is 0 Å². The van der Waals surface area contributed by atoms with Crippen LogP contribution in [0.25, 0.3) is 0 Å². The van der Waals surface area contributed by atoms with Gasteiger partial charge in [0.05, 0.1) is 11.5 Å². The topological polar surface area (TPSA) is 59.1 Å². The van der Waals surface area contributed by atoms with Crippen molar-refractivity contribution in [3.63, 3.8) is 0 Å². The van der Waals surface area contributed by atoms with Crippen molar-refractivity contribution >= 4 is 9.84 Å². The van der Waals surface area contributed by atoms with Crippen molar-refractivity contribution in [2.75, 3.05) is 11.5 Å². The second-order valence-corrected chi connectivity index (χ2v) is 6.98. The molecule has 1 N–H and O–H groups in total. The van der Waals surface area contributed by atoms with E-state index in [1.807, 2.05) is 19.3 Å². The van der Waals surface area contributed by atoms with E-state index in [0.717, 1.165) is 30.5 Å². The highest BCUT2D eigenvalue weighted by Crippen LogP contribution is 2.12. The van der Waals surface area contributed by atoms with Crippen LogP contribution in [0.5, 0.6) is 0 Å². The number of aromatic nitrogens is 1. The molecule has 0 aromatic carbocycles. The molecule has 4 nitrogen and oxygen atoms in total. The molecule has 0 amide bonds. The van der Waals surface area contributed by atoms with Gasteiger partial charge in [0.1, 0.15) is 9.84 Å². The summed E-state index contributed by atoms with van der Waals surface area (Å²) in [5.74, 6) is 0.632. The summed E-state index contributed by atoms with van der Waals surface area (Å²) in [5, 5.41) is 3.40. The molecule has 94 valence electrons. The molecule has 1 fully saturated rings. The third-order valence-corrected chi connectivity index (χ3v) is 4.80. The number of pyridine rings is 1. The van der Waals surface area contributed by atoms with E-state index in [9.17, 15) is 8.42 Å². The third-order valence-electron chi connectivity index (χ3n) is 3.08. The molecule has 0 radical (unpaired) electrons. The van der Waals surface area contributed by atoms with Crippen molar-refractivity contribution < 1.29 is 8.42 Å². The minimum atomic E-state index is -2.76. The summed E-state index contributed by atoms with van der Waals surface area (Å²) in [6.07, 6.45) is 5.12. The van der Waals surface area contributed by atoms with Crippen molar-refractivity contribution in [2.45, 2.75) is 32.4 Å². The highest BCUT2D eigenvalue weighted by Gasteiger charge is 2.22. The number of hydrogen-bond acceptors (Lipinski definition) is 4. The molecule has 2 heterocycles. The van der Waals surface area contributed by atoms with Crippen LogP contribution in [-0.2, 0) is 16.4 Å². The normalized spacial score (nSPS) is 20.3. The van der Waals surface area contributed by atoms with Gasteiger partial charge in [-0.3, -0.25) is 4.98 Å². The molecule has 1 aliphatic heterocycles. The molecule has 1 aromatic rings. The third kappa shape index (κ3) is 3.78. The van der Waals surface area contributed by atoms with Gasteiger partial charge in [0.15, 0.2) is 0 Å². The van der Waals surface area contributed by atoms with E-state index in [0.29, 0.717) is 17.5 Å². The zero-order valence-corrected chi connectivity index (χ0v) is 10.8. The lowest BCUT2D eigenvalue weighted by Gasteiger charge is -2.23. The molecule has 1 aromatic heterocycles. The Labute approximate surface area is 102 Å². The van der Waals surface area contributed by atoms with Gasteiger partial charge in [-0.2, -0.15) is 0 Å². The van der Waals surface area contributed by atoms with Gasteiger partial charge in [0.25, 0.3) is 0 Å². The summed E-state index contributed by atoms with van der Waals surface area (Å²) >= 11 is 0. The molecule has 0 unspecified atom stereocenters. The van der Waals surface area contributed by atoms with E-state index >= 15 is 0 Å². The predicted molar refractivity (Wildman–Crippen MR) is 67.5 cm³/mol. The van der Waals surface area contributed by atoms with Crippen LogP contribution < -0.4 is 5.32 Å². The number of aryl methyl sites for hydroxylation is 1. The molecule has 0 spiro atoms. The lowest BCUT2D eigenvalue weighted by Crippen LogP contribution is -2.37. The maximum Gasteiger partial charge on any atom is 0.150 e. The minimum Gasteiger partial charge on any atom is -0.310 e. The molecule has 17 heavy (non-hydrogen) atoms. The molecule has 2 rings (SSSR count). The average Bonchev–Trinajstić information content (AvgIpc) is 2.28. The summed E-state index contributed by atoms with van der Waals surface area (Å²) < 4.78 is 22.6. The number of rotatable bonds is 3. The van der Waals surface area contributed by atoms with Gasteiger partial charge < -0.3 is 5.32 Å². The second kappa shape index (κ2) is 5.14. The standard InChI is InChI=1S/C12H18N2O2S/c1-10-6-11(8-13-7-10)9-14-12-2-4-17(15,16)5-3-12/h6-8,12,14H,2-5,9H2,1H3. The zero-order valence-electron chi connectivity index (χ0n) is 10.0. The van der Waals surface area contributed by atoms with Gasteiger partial charge in [0, 0.05) is 25.0 Å². The van der Waals surface area contributed by atoms with Crippen molar-refractivity contribution in [3.05, 3.63) is 29.6 Å². The van der Waals surface area contributed by atoms with Crippen LogP contribution in [0.4, 0.5) is 0 Å². The monoisotopic (exact) mass is 254 g/mol. The second-order valence-electron chi connectivity index (χ2n) is 4.68. The first-order valence-corrected chi connectivity index (χ1v) is 7.72. The smallest absolute Gasteiger partial charge is 0.150 e. The van der Waals surface area contributed by atoms with Crippen molar-refractivity contribution in [3.8, 4) is 0 Å². The van der Waals surface area contributed by atoms with Crippen molar-refractivity contribution in [1.82, 2.24) is 10.3 Å². The van der Waals surface area contributed by atoms with E-state index in [1.54, 1.807) is 0 Å². The molecule has 0 atom stereocenters. The fraction of sp³-hybridized carbons (Fsp3) is 0.583. The van der Waals surface area contributed by atoms with E-state index in [2.05, 4.69) is 16.4 Å². The molecular weight excluding hydrogens is 236 g/mol. The van der Waals surface area contributed by atoms with E-state index in [1.165, 1.54) is 0 Å². The number of nitrogens with zero attached hydrogens (tertiary/aromatic N) is 1. The average molecular weight is 254 g/mol. The van der Waals surface area contributed by atoms with E-state index < -0.39 is 9.84 Å². The fourth-order valence-corrected chi connectivity index (χ4v) is 3.56. The summed E-state index contributed by atoms with van der Waals surface area (Å²) in [6.45, 7) is 2.78. The van der Waals surface area contributed by atoms with Crippen LogP contribution in [0.15, 0.2) is 18.5 Å².